The summed E-state index contributed by atoms with van der Waals surface area (Å²) >= 11 is 1.68. The lowest BCUT2D eigenvalue weighted by Crippen LogP contribution is -2.43. The minimum absolute atomic E-state index is 0.233. The molecule has 4 nitrogen and oxygen atoms in total. The predicted octanol–water partition coefficient (Wildman–Crippen LogP) is 1.24. The summed E-state index contributed by atoms with van der Waals surface area (Å²) in [5.74, 6) is 0. The molecular weight excluding hydrogens is 220 g/mol. The van der Waals surface area contributed by atoms with Gasteiger partial charge in [-0.25, -0.2) is 4.98 Å². The molecule has 1 fully saturated rings. The van der Waals surface area contributed by atoms with E-state index in [1.807, 2.05) is 0 Å². The molecule has 3 rings (SSSR count). The molecule has 1 aliphatic heterocycles. The van der Waals surface area contributed by atoms with Crippen LogP contribution in [0, 0.1) is 0 Å². The minimum Gasteiger partial charge on any atom is -0.315 e. The maximum absolute atomic E-state index is 4.56. The van der Waals surface area contributed by atoms with E-state index in [0.29, 0.717) is 0 Å². The summed E-state index contributed by atoms with van der Waals surface area (Å²) in [5, 5.41) is 9.03. The summed E-state index contributed by atoms with van der Waals surface area (Å²) in [6, 6.07) is 0. The summed E-state index contributed by atoms with van der Waals surface area (Å²) in [4.78, 5) is 5.64. The summed E-state index contributed by atoms with van der Waals surface area (Å²) in [5.41, 5.74) is 1.36. The SMILES string of the molecule is CC1(NCc2cn3ccsc3n2)CCNC1. The maximum Gasteiger partial charge on any atom is 0.193 e. The van der Waals surface area contributed by atoms with Gasteiger partial charge in [0, 0.05) is 36.4 Å². The number of aromatic nitrogens is 2. The van der Waals surface area contributed by atoms with Crippen molar-refractivity contribution in [2.24, 2.45) is 0 Å². The van der Waals surface area contributed by atoms with Gasteiger partial charge in [-0.15, -0.1) is 11.3 Å². The maximum atomic E-state index is 4.56. The van der Waals surface area contributed by atoms with Crippen LogP contribution >= 0.6 is 11.3 Å². The first-order valence-corrected chi connectivity index (χ1v) is 6.50. The third-order valence-corrected chi connectivity index (χ3v) is 3.98. The van der Waals surface area contributed by atoms with Crippen molar-refractivity contribution in [1.82, 2.24) is 20.0 Å². The molecular formula is C11H16N4S. The van der Waals surface area contributed by atoms with E-state index < -0.39 is 0 Å². The molecule has 0 spiro atoms. The van der Waals surface area contributed by atoms with E-state index >= 15 is 0 Å². The van der Waals surface area contributed by atoms with Crippen molar-refractivity contribution in [2.75, 3.05) is 13.1 Å². The Morgan fingerprint density at radius 2 is 2.62 bits per heavy atom. The average Bonchev–Trinajstić information content (AvgIpc) is 2.89. The van der Waals surface area contributed by atoms with Crippen molar-refractivity contribution in [3.8, 4) is 0 Å². The highest BCUT2D eigenvalue weighted by Gasteiger charge is 2.27. The first-order valence-electron chi connectivity index (χ1n) is 5.62. The van der Waals surface area contributed by atoms with Gasteiger partial charge in [-0.1, -0.05) is 0 Å². The molecule has 2 N–H and O–H groups in total. The topological polar surface area (TPSA) is 41.4 Å². The molecule has 1 saturated heterocycles. The fourth-order valence-electron chi connectivity index (χ4n) is 2.13. The highest BCUT2D eigenvalue weighted by Crippen LogP contribution is 2.15. The van der Waals surface area contributed by atoms with E-state index in [0.717, 1.165) is 30.3 Å². The van der Waals surface area contributed by atoms with E-state index in [4.69, 9.17) is 0 Å². The third kappa shape index (κ3) is 1.86. The van der Waals surface area contributed by atoms with E-state index in [9.17, 15) is 0 Å². The predicted molar refractivity (Wildman–Crippen MR) is 65.8 cm³/mol. The van der Waals surface area contributed by atoms with Gasteiger partial charge in [0.2, 0.25) is 0 Å². The van der Waals surface area contributed by atoms with Crippen LogP contribution in [-0.4, -0.2) is 28.0 Å². The molecule has 0 aliphatic carbocycles. The lowest BCUT2D eigenvalue weighted by Gasteiger charge is -2.23. The lowest BCUT2D eigenvalue weighted by molar-refractivity contribution is 0.384. The summed E-state index contributed by atoms with van der Waals surface area (Å²) in [7, 11) is 0. The number of nitrogens with zero attached hydrogens (tertiary/aromatic N) is 2. The third-order valence-electron chi connectivity index (χ3n) is 3.21. The Kier molecular flexibility index (Phi) is 2.46. The second-order valence-corrected chi connectivity index (χ2v) is 5.54. The van der Waals surface area contributed by atoms with Crippen LogP contribution in [0.1, 0.15) is 19.0 Å². The van der Waals surface area contributed by atoms with E-state index in [-0.39, 0.29) is 5.54 Å². The molecule has 1 atom stereocenters. The Labute approximate surface area is 98.7 Å². The standard InChI is InChI=1S/C11H16N4S/c1-11(2-3-12-8-11)13-6-9-7-15-4-5-16-10(15)14-9/h4-5,7,12-13H,2-3,6,8H2,1H3. The van der Waals surface area contributed by atoms with Crippen LogP contribution in [0.25, 0.3) is 4.96 Å². The molecule has 86 valence electrons. The first kappa shape index (κ1) is 10.3. The second kappa shape index (κ2) is 3.84. The molecule has 1 aliphatic rings. The molecule has 16 heavy (non-hydrogen) atoms. The summed E-state index contributed by atoms with van der Waals surface area (Å²) in [6.45, 7) is 5.29. The average molecular weight is 236 g/mol. The van der Waals surface area contributed by atoms with E-state index in [1.165, 1.54) is 6.42 Å². The molecule has 0 aromatic carbocycles. The molecule has 0 bridgehead atoms. The van der Waals surface area contributed by atoms with Crippen LogP contribution < -0.4 is 10.6 Å². The van der Waals surface area contributed by atoms with E-state index in [1.54, 1.807) is 11.3 Å². The molecule has 0 radical (unpaired) electrons. The van der Waals surface area contributed by atoms with E-state index in [2.05, 4.69) is 44.7 Å². The Morgan fingerprint density at radius 1 is 1.69 bits per heavy atom. The molecule has 5 heteroatoms. The number of imidazole rings is 1. The highest BCUT2D eigenvalue weighted by atomic mass is 32.1. The van der Waals surface area contributed by atoms with Crippen molar-refractivity contribution in [2.45, 2.75) is 25.4 Å². The Balaban J connectivity index is 1.68. The monoisotopic (exact) mass is 236 g/mol. The number of fused-ring (bicyclic) bond motifs is 1. The fourth-order valence-corrected chi connectivity index (χ4v) is 2.85. The molecule has 1 unspecified atom stereocenters. The molecule has 0 saturated carbocycles. The molecule has 2 aromatic rings. The van der Waals surface area contributed by atoms with Gasteiger partial charge in [-0.05, 0) is 19.9 Å². The zero-order valence-electron chi connectivity index (χ0n) is 9.36. The second-order valence-electron chi connectivity index (χ2n) is 4.67. The lowest BCUT2D eigenvalue weighted by atomic mass is 10.0. The quantitative estimate of drug-likeness (QED) is 0.842. The van der Waals surface area contributed by atoms with Crippen molar-refractivity contribution in [3.63, 3.8) is 0 Å². The van der Waals surface area contributed by atoms with Crippen molar-refractivity contribution < 1.29 is 0 Å². The highest BCUT2D eigenvalue weighted by molar-refractivity contribution is 7.15. The van der Waals surface area contributed by atoms with Gasteiger partial charge in [0.1, 0.15) is 0 Å². The van der Waals surface area contributed by atoms with Crippen molar-refractivity contribution in [1.29, 1.82) is 0 Å². The Morgan fingerprint density at radius 3 is 3.38 bits per heavy atom. The number of rotatable bonds is 3. The van der Waals surface area contributed by atoms with Gasteiger partial charge < -0.3 is 10.6 Å². The summed E-state index contributed by atoms with van der Waals surface area (Å²) < 4.78 is 2.08. The van der Waals surface area contributed by atoms with Gasteiger partial charge in [0.25, 0.3) is 0 Å². The number of nitrogens with one attached hydrogen (secondary N) is 2. The van der Waals surface area contributed by atoms with Gasteiger partial charge in [0.05, 0.1) is 5.69 Å². The van der Waals surface area contributed by atoms with Gasteiger partial charge >= 0.3 is 0 Å². The molecule has 0 amide bonds. The van der Waals surface area contributed by atoms with Crippen LogP contribution in [0.15, 0.2) is 17.8 Å². The number of hydrogen-bond acceptors (Lipinski definition) is 4. The Bertz CT molecular complexity index is 452. The van der Waals surface area contributed by atoms with Crippen LogP contribution in [0.3, 0.4) is 0 Å². The molecule has 3 heterocycles. The largest absolute Gasteiger partial charge is 0.315 e. The Hall–Kier alpha value is -0.910. The van der Waals surface area contributed by atoms with Crippen LogP contribution in [0.5, 0.6) is 0 Å². The van der Waals surface area contributed by atoms with Crippen LogP contribution in [0.4, 0.5) is 0 Å². The van der Waals surface area contributed by atoms with Gasteiger partial charge in [-0.2, -0.15) is 0 Å². The van der Waals surface area contributed by atoms with Gasteiger partial charge in [-0.3, -0.25) is 4.40 Å². The number of hydrogen-bond donors (Lipinski definition) is 2. The van der Waals surface area contributed by atoms with Gasteiger partial charge in [0.15, 0.2) is 4.96 Å². The van der Waals surface area contributed by atoms with Crippen molar-refractivity contribution >= 4 is 16.3 Å². The smallest absolute Gasteiger partial charge is 0.193 e. The first-order chi connectivity index (χ1) is 7.75. The van der Waals surface area contributed by atoms with Crippen LogP contribution in [-0.2, 0) is 6.54 Å². The summed E-state index contributed by atoms with van der Waals surface area (Å²) in [6.07, 6.45) is 5.34. The molecule has 2 aromatic heterocycles. The number of thiazole rings is 1. The fraction of sp³-hybridized carbons (Fsp3) is 0.545. The normalized spacial score (nSPS) is 25.6. The zero-order valence-corrected chi connectivity index (χ0v) is 10.2. The van der Waals surface area contributed by atoms with Crippen LogP contribution in [0.2, 0.25) is 0 Å². The van der Waals surface area contributed by atoms with Crippen molar-refractivity contribution in [3.05, 3.63) is 23.5 Å². The zero-order chi connectivity index (χ0) is 11.0. The minimum atomic E-state index is 0.233.